The van der Waals surface area contributed by atoms with Gasteiger partial charge in [-0.3, -0.25) is 4.79 Å². The molecule has 2 atom stereocenters. The minimum Gasteiger partial charge on any atom is -0.480 e. The Morgan fingerprint density at radius 2 is 2.05 bits per heavy atom. The average Bonchev–Trinajstić information content (AvgIpc) is 2.89. The van der Waals surface area contributed by atoms with Crippen molar-refractivity contribution in [1.29, 1.82) is 0 Å². The van der Waals surface area contributed by atoms with Crippen LogP contribution in [0.5, 0.6) is 0 Å². The third-order valence-corrected chi connectivity index (χ3v) is 4.26. The maximum atomic E-state index is 11.4. The van der Waals surface area contributed by atoms with E-state index in [1.165, 1.54) is 0 Å². The summed E-state index contributed by atoms with van der Waals surface area (Å²) in [7, 11) is -1.35. The average molecular weight is 302 g/mol. The Morgan fingerprint density at radius 1 is 1.33 bits per heavy atom. The molecule has 21 heavy (non-hydrogen) atoms. The molecule has 0 bridgehead atoms. The van der Waals surface area contributed by atoms with Gasteiger partial charge < -0.3 is 30.9 Å². The van der Waals surface area contributed by atoms with Crippen LogP contribution in [0.15, 0.2) is 0 Å². The topological polar surface area (TPSA) is 127 Å². The van der Waals surface area contributed by atoms with Gasteiger partial charge in [-0.15, -0.1) is 0 Å². The molecular formula is C13H27BN2O5. The zero-order chi connectivity index (χ0) is 15.9. The van der Waals surface area contributed by atoms with Gasteiger partial charge in [0.2, 0.25) is 0 Å². The molecule has 1 fully saturated rings. The van der Waals surface area contributed by atoms with Crippen molar-refractivity contribution in [2.45, 2.75) is 44.0 Å². The summed E-state index contributed by atoms with van der Waals surface area (Å²) in [5.41, 5.74) is 4.74. The fraction of sp³-hybridized carbons (Fsp3) is 0.923. The smallest absolute Gasteiger partial charge is 0.451 e. The molecule has 0 radical (unpaired) electrons. The van der Waals surface area contributed by atoms with Crippen LogP contribution in [0.25, 0.3) is 0 Å². The minimum atomic E-state index is -1.35. The fourth-order valence-electron chi connectivity index (χ4n) is 2.73. The predicted molar refractivity (Wildman–Crippen MR) is 79.7 cm³/mol. The lowest BCUT2D eigenvalue weighted by atomic mass is 9.81. The van der Waals surface area contributed by atoms with Gasteiger partial charge in [0, 0.05) is 19.7 Å². The maximum absolute atomic E-state index is 11.4. The Labute approximate surface area is 125 Å². The number of aliphatic hydroxyl groups is 1. The molecule has 0 spiro atoms. The number of aliphatic carboxylic acids is 1. The largest absolute Gasteiger partial charge is 0.480 e. The molecule has 0 saturated carbocycles. The second-order valence-corrected chi connectivity index (χ2v) is 6.08. The second-order valence-electron chi connectivity index (χ2n) is 6.08. The molecule has 1 aliphatic heterocycles. The number of hydrogen-bond donors (Lipinski definition) is 5. The summed E-state index contributed by atoms with van der Waals surface area (Å²) in [5, 5.41) is 36.0. The lowest BCUT2D eigenvalue weighted by molar-refractivity contribution is -0.144. The molecule has 1 aliphatic rings. The SMILES string of the molecule is N[C@](CCCCB(O)O)(CCN1CCC(CO)C1)C(=O)O. The number of rotatable bonds is 10. The van der Waals surface area contributed by atoms with E-state index in [1.807, 2.05) is 0 Å². The normalized spacial score (nSPS) is 22.2. The molecule has 0 aromatic rings. The highest BCUT2D eigenvalue weighted by Crippen LogP contribution is 2.21. The van der Waals surface area contributed by atoms with Crippen LogP contribution < -0.4 is 5.73 Å². The van der Waals surface area contributed by atoms with Crippen LogP contribution in [0.1, 0.15) is 32.1 Å². The van der Waals surface area contributed by atoms with Crippen molar-refractivity contribution in [2.75, 3.05) is 26.2 Å². The number of carboxylic acids is 1. The van der Waals surface area contributed by atoms with Gasteiger partial charge in [-0.05, 0) is 38.0 Å². The van der Waals surface area contributed by atoms with Crippen molar-refractivity contribution >= 4 is 13.1 Å². The van der Waals surface area contributed by atoms with Gasteiger partial charge in [0.15, 0.2) is 0 Å². The number of hydrogen-bond acceptors (Lipinski definition) is 6. The molecule has 1 saturated heterocycles. The van der Waals surface area contributed by atoms with E-state index in [9.17, 15) is 9.90 Å². The molecule has 0 aromatic heterocycles. The van der Waals surface area contributed by atoms with E-state index in [-0.39, 0.29) is 18.8 Å². The van der Waals surface area contributed by atoms with Gasteiger partial charge in [-0.25, -0.2) is 0 Å². The number of unbranched alkanes of at least 4 members (excludes halogenated alkanes) is 1. The zero-order valence-electron chi connectivity index (χ0n) is 12.4. The van der Waals surface area contributed by atoms with Crippen LogP contribution in [0.3, 0.4) is 0 Å². The van der Waals surface area contributed by atoms with E-state index in [0.29, 0.717) is 32.2 Å². The van der Waals surface area contributed by atoms with Crippen molar-refractivity contribution in [1.82, 2.24) is 4.90 Å². The quantitative estimate of drug-likeness (QED) is 0.262. The van der Waals surface area contributed by atoms with Crippen LogP contribution in [0.2, 0.25) is 6.32 Å². The summed E-state index contributed by atoms with van der Waals surface area (Å²) in [5.74, 6) is -0.724. The highest BCUT2D eigenvalue weighted by molar-refractivity contribution is 6.40. The highest BCUT2D eigenvalue weighted by atomic mass is 16.4. The summed E-state index contributed by atoms with van der Waals surface area (Å²) in [6.07, 6.45) is 2.96. The van der Waals surface area contributed by atoms with Gasteiger partial charge in [0.25, 0.3) is 0 Å². The van der Waals surface area contributed by atoms with Gasteiger partial charge in [0.05, 0.1) is 0 Å². The van der Waals surface area contributed by atoms with E-state index < -0.39 is 18.6 Å². The molecule has 7 nitrogen and oxygen atoms in total. The van der Waals surface area contributed by atoms with Crippen molar-refractivity contribution < 1.29 is 25.1 Å². The van der Waals surface area contributed by atoms with Crippen LogP contribution in [0.4, 0.5) is 0 Å². The van der Waals surface area contributed by atoms with Crippen molar-refractivity contribution in [3.05, 3.63) is 0 Å². The molecule has 1 heterocycles. The fourth-order valence-corrected chi connectivity index (χ4v) is 2.73. The summed E-state index contributed by atoms with van der Waals surface area (Å²) in [6.45, 7) is 2.45. The second kappa shape index (κ2) is 8.70. The number of likely N-dealkylation sites (tertiary alicyclic amines) is 1. The van der Waals surface area contributed by atoms with E-state index in [4.69, 9.17) is 20.9 Å². The summed E-state index contributed by atoms with van der Waals surface area (Å²) < 4.78 is 0. The Bertz CT molecular complexity index is 332. The molecule has 122 valence electrons. The lowest BCUT2D eigenvalue weighted by Crippen LogP contribution is -2.50. The van der Waals surface area contributed by atoms with Crippen molar-refractivity contribution in [3.8, 4) is 0 Å². The Kier molecular flexibility index (Phi) is 7.62. The first kappa shape index (κ1) is 18.4. The summed E-state index contributed by atoms with van der Waals surface area (Å²) in [4.78, 5) is 13.5. The monoisotopic (exact) mass is 302 g/mol. The first-order valence-electron chi connectivity index (χ1n) is 7.59. The van der Waals surface area contributed by atoms with Gasteiger partial charge in [-0.1, -0.05) is 12.8 Å². The molecule has 8 heteroatoms. The van der Waals surface area contributed by atoms with Crippen LogP contribution in [-0.2, 0) is 4.79 Å². The number of carboxylic acid groups (broad SMARTS) is 1. The molecule has 0 aliphatic carbocycles. The van der Waals surface area contributed by atoms with E-state index >= 15 is 0 Å². The van der Waals surface area contributed by atoms with Crippen molar-refractivity contribution in [2.24, 2.45) is 11.7 Å². The third kappa shape index (κ3) is 6.31. The highest BCUT2D eigenvalue weighted by Gasteiger charge is 2.34. The van der Waals surface area contributed by atoms with Gasteiger partial charge >= 0.3 is 13.1 Å². The van der Waals surface area contributed by atoms with Crippen LogP contribution in [-0.4, -0.2) is 70.0 Å². The standard InChI is InChI=1S/C13H27BN2O5/c15-13(12(18)19,4-1-2-6-14(20)21)5-8-16-7-3-11(9-16)10-17/h11,17,20-21H,1-10,15H2,(H,18,19)/t11?,13-/m1/s1. The van der Waals surface area contributed by atoms with E-state index in [0.717, 1.165) is 19.5 Å². The Balaban J connectivity index is 2.36. The summed E-state index contributed by atoms with van der Waals surface area (Å²) in [6, 6.07) is 0. The maximum Gasteiger partial charge on any atom is 0.451 e. The van der Waals surface area contributed by atoms with Crippen molar-refractivity contribution in [3.63, 3.8) is 0 Å². The number of aliphatic hydroxyl groups excluding tert-OH is 1. The predicted octanol–water partition coefficient (Wildman–Crippen LogP) is -0.884. The number of nitrogens with two attached hydrogens (primary N) is 1. The van der Waals surface area contributed by atoms with E-state index in [2.05, 4.69) is 4.90 Å². The van der Waals surface area contributed by atoms with Crippen LogP contribution in [0, 0.1) is 5.92 Å². The zero-order valence-corrected chi connectivity index (χ0v) is 12.4. The third-order valence-electron chi connectivity index (χ3n) is 4.26. The molecule has 1 rings (SSSR count). The lowest BCUT2D eigenvalue weighted by Gasteiger charge is -2.27. The first-order valence-corrected chi connectivity index (χ1v) is 7.59. The molecule has 0 aromatic carbocycles. The minimum absolute atomic E-state index is 0.173. The number of nitrogens with zero attached hydrogens (tertiary/aromatic N) is 1. The van der Waals surface area contributed by atoms with Gasteiger partial charge in [-0.2, -0.15) is 0 Å². The molecule has 0 amide bonds. The summed E-state index contributed by atoms with van der Waals surface area (Å²) >= 11 is 0. The molecule has 1 unspecified atom stereocenters. The number of carbonyl (C=O) groups is 1. The molecular weight excluding hydrogens is 275 g/mol. The Morgan fingerprint density at radius 3 is 2.57 bits per heavy atom. The van der Waals surface area contributed by atoms with Gasteiger partial charge in [0.1, 0.15) is 5.54 Å². The molecule has 6 N–H and O–H groups in total. The van der Waals surface area contributed by atoms with Crippen LogP contribution >= 0.6 is 0 Å². The van der Waals surface area contributed by atoms with E-state index in [1.54, 1.807) is 0 Å². The Hall–Kier alpha value is -0.665. The first-order chi connectivity index (χ1) is 9.87.